The van der Waals surface area contributed by atoms with Gasteiger partial charge in [-0.2, -0.15) is 5.10 Å². The third-order valence-corrected chi connectivity index (χ3v) is 2.21. The lowest BCUT2D eigenvalue weighted by Gasteiger charge is -1.98. The third-order valence-electron chi connectivity index (χ3n) is 2.21. The fourth-order valence-corrected chi connectivity index (χ4v) is 1.37. The minimum Gasteiger partial charge on any atom is -0.462 e. The van der Waals surface area contributed by atoms with Crippen LogP contribution in [0.15, 0.2) is 24.8 Å². The van der Waals surface area contributed by atoms with Crippen molar-refractivity contribution in [2.24, 2.45) is 0 Å². The van der Waals surface area contributed by atoms with Gasteiger partial charge in [0.2, 0.25) is 0 Å². The van der Waals surface area contributed by atoms with E-state index in [0.29, 0.717) is 24.3 Å². The summed E-state index contributed by atoms with van der Waals surface area (Å²) in [5, 5.41) is 4.00. The van der Waals surface area contributed by atoms with Crippen LogP contribution in [0.4, 0.5) is 0 Å². The maximum atomic E-state index is 11.4. The van der Waals surface area contributed by atoms with Crippen molar-refractivity contribution in [1.82, 2.24) is 14.6 Å². The molecule has 2 aromatic rings. The number of ether oxygens (including phenoxy) is 2. The monoisotopic (exact) mass is 289 g/mol. The molecule has 0 N–H and O–H groups in total. The summed E-state index contributed by atoms with van der Waals surface area (Å²) in [5.74, 6) is 0.845. The maximum Gasteiger partial charge on any atom is 0.384 e. The summed E-state index contributed by atoms with van der Waals surface area (Å²) in [6.07, 6.45) is 11.0. The zero-order valence-electron chi connectivity index (χ0n) is 11.8. The zero-order chi connectivity index (χ0) is 15.7. The Labute approximate surface area is 121 Å². The maximum absolute atomic E-state index is 11.4. The van der Waals surface area contributed by atoms with Crippen molar-refractivity contribution in [3.8, 4) is 12.3 Å². The van der Waals surface area contributed by atoms with Gasteiger partial charge in [0.25, 0.3) is 0 Å². The number of hydrogen-bond acceptors (Lipinski definition) is 6. The second-order valence-electron chi connectivity index (χ2n) is 3.55. The summed E-state index contributed by atoms with van der Waals surface area (Å²) in [5.41, 5.74) is 1.10. The van der Waals surface area contributed by atoms with Gasteiger partial charge in [0, 0.05) is 18.3 Å². The van der Waals surface area contributed by atoms with Crippen molar-refractivity contribution >= 4 is 17.5 Å². The van der Waals surface area contributed by atoms with Gasteiger partial charge in [-0.15, -0.1) is 6.42 Å². The van der Waals surface area contributed by atoms with Crippen LogP contribution in [0.1, 0.15) is 24.2 Å². The highest BCUT2D eigenvalue weighted by molar-refractivity contribution is 5.96. The van der Waals surface area contributed by atoms with Gasteiger partial charge in [-0.05, 0) is 13.8 Å². The first-order valence-corrected chi connectivity index (χ1v) is 6.21. The third kappa shape index (κ3) is 4.62. The molecule has 2 heterocycles. The number of terminal acetylenes is 1. The van der Waals surface area contributed by atoms with E-state index in [4.69, 9.17) is 4.74 Å². The highest BCUT2D eigenvalue weighted by atomic mass is 16.5. The predicted octanol–water partition coefficient (Wildman–Crippen LogP) is 1.09. The van der Waals surface area contributed by atoms with Gasteiger partial charge >= 0.3 is 11.9 Å². The second-order valence-corrected chi connectivity index (χ2v) is 3.55. The Morgan fingerprint density at radius 2 is 2.00 bits per heavy atom. The van der Waals surface area contributed by atoms with Crippen LogP contribution >= 0.6 is 0 Å². The molecule has 0 aliphatic rings. The van der Waals surface area contributed by atoms with E-state index in [0.717, 1.165) is 0 Å². The fraction of sp³-hybridized carbons (Fsp3) is 0.286. The molecule has 21 heavy (non-hydrogen) atoms. The molecule has 2 aromatic heterocycles. The van der Waals surface area contributed by atoms with Crippen LogP contribution in [0.5, 0.6) is 0 Å². The summed E-state index contributed by atoms with van der Waals surface area (Å²) in [6, 6.07) is 0. The zero-order valence-corrected chi connectivity index (χ0v) is 11.8. The van der Waals surface area contributed by atoms with Crippen molar-refractivity contribution in [1.29, 1.82) is 0 Å². The number of carbonyl (C=O) groups is 2. The van der Waals surface area contributed by atoms with E-state index in [2.05, 4.69) is 21.2 Å². The standard InChI is InChI=1S/C9H9N3O2.C5H6O2/c1-2-14-9(13)7-5-11-12-4-3-10-6-8(7)12;1-3-5(6)7-4-2/h3-6H,2H2,1H3;1H,4H2,2H3. The Morgan fingerprint density at radius 3 is 2.57 bits per heavy atom. The van der Waals surface area contributed by atoms with Crippen molar-refractivity contribution in [3.05, 3.63) is 30.4 Å². The number of hydrogen-bond donors (Lipinski definition) is 0. The number of fused-ring (bicyclic) bond motifs is 1. The van der Waals surface area contributed by atoms with E-state index in [1.54, 1.807) is 42.9 Å². The molecule has 0 aliphatic heterocycles. The number of esters is 2. The van der Waals surface area contributed by atoms with E-state index < -0.39 is 5.97 Å². The quantitative estimate of drug-likeness (QED) is 0.478. The summed E-state index contributed by atoms with van der Waals surface area (Å²) in [6.45, 7) is 4.18. The predicted molar refractivity (Wildman–Crippen MR) is 74.4 cm³/mol. The lowest BCUT2D eigenvalue weighted by Crippen LogP contribution is -2.04. The van der Waals surface area contributed by atoms with Crippen LogP contribution in [0, 0.1) is 12.3 Å². The summed E-state index contributed by atoms with van der Waals surface area (Å²) in [7, 11) is 0. The summed E-state index contributed by atoms with van der Waals surface area (Å²) >= 11 is 0. The minimum absolute atomic E-state index is 0.350. The number of carbonyl (C=O) groups excluding carboxylic acids is 2. The van der Waals surface area contributed by atoms with Crippen molar-refractivity contribution in [3.63, 3.8) is 0 Å². The number of nitrogens with zero attached hydrogens (tertiary/aromatic N) is 3. The highest BCUT2D eigenvalue weighted by Gasteiger charge is 2.12. The average Bonchev–Trinajstić information content (AvgIpc) is 2.92. The molecule has 0 unspecified atom stereocenters. The lowest BCUT2D eigenvalue weighted by molar-refractivity contribution is -0.136. The molecule has 0 saturated carbocycles. The molecule has 0 saturated heterocycles. The molecule has 0 atom stereocenters. The molecular formula is C14H15N3O4. The Bertz CT molecular complexity index is 658. The number of aromatic nitrogens is 3. The molecule has 0 amide bonds. The van der Waals surface area contributed by atoms with Crippen molar-refractivity contribution in [2.45, 2.75) is 13.8 Å². The van der Waals surface area contributed by atoms with Gasteiger partial charge in [0.15, 0.2) is 0 Å². The van der Waals surface area contributed by atoms with Crippen LogP contribution in [0.25, 0.3) is 5.52 Å². The molecule has 2 rings (SSSR count). The van der Waals surface area contributed by atoms with Crippen LogP contribution < -0.4 is 0 Å². The lowest BCUT2D eigenvalue weighted by atomic mass is 10.3. The molecular weight excluding hydrogens is 274 g/mol. The molecule has 0 radical (unpaired) electrons. The Kier molecular flexibility index (Phi) is 6.41. The Hall–Kier alpha value is -2.88. The molecule has 110 valence electrons. The van der Waals surface area contributed by atoms with Gasteiger partial charge in [-0.1, -0.05) is 0 Å². The fourth-order valence-electron chi connectivity index (χ4n) is 1.37. The minimum atomic E-state index is -0.595. The largest absolute Gasteiger partial charge is 0.462 e. The molecule has 0 aromatic carbocycles. The van der Waals surface area contributed by atoms with Gasteiger partial charge in [-0.3, -0.25) is 4.98 Å². The molecule has 0 fully saturated rings. The van der Waals surface area contributed by atoms with Crippen molar-refractivity contribution in [2.75, 3.05) is 13.2 Å². The van der Waals surface area contributed by atoms with E-state index >= 15 is 0 Å². The normalized spacial score (nSPS) is 9.19. The Balaban J connectivity index is 0.000000270. The summed E-state index contributed by atoms with van der Waals surface area (Å²) < 4.78 is 10.8. The van der Waals surface area contributed by atoms with E-state index in [1.165, 1.54) is 6.20 Å². The van der Waals surface area contributed by atoms with Crippen LogP contribution in [-0.4, -0.2) is 39.8 Å². The van der Waals surface area contributed by atoms with Crippen LogP contribution in [0.3, 0.4) is 0 Å². The van der Waals surface area contributed by atoms with E-state index in [9.17, 15) is 9.59 Å². The SMILES string of the molecule is C#CC(=O)OCC.CCOC(=O)c1cnn2ccncc12. The molecule has 7 nitrogen and oxygen atoms in total. The first-order chi connectivity index (χ1) is 10.1. The number of rotatable bonds is 3. The van der Waals surface area contributed by atoms with Gasteiger partial charge in [0.05, 0.1) is 31.1 Å². The molecule has 0 spiro atoms. The average molecular weight is 289 g/mol. The molecule has 0 aliphatic carbocycles. The first-order valence-electron chi connectivity index (χ1n) is 6.21. The summed E-state index contributed by atoms with van der Waals surface area (Å²) in [4.78, 5) is 25.3. The van der Waals surface area contributed by atoms with Gasteiger partial charge < -0.3 is 9.47 Å². The van der Waals surface area contributed by atoms with Crippen LogP contribution in [0.2, 0.25) is 0 Å². The highest BCUT2D eigenvalue weighted by Crippen LogP contribution is 2.09. The van der Waals surface area contributed by atoms with Gasteiger partial charge in [0.1, 0.15) is 5.56 Å². The second kappa shape index (κ2) is 8.32. The molecule has 7 heteroatoms. The van der Waals surface area contributed by atoms with E-state index in [-0.39, 0.29) is 5.97 Å². The van der Waals surface area contributed by atoms with Crippen molar-refractivity contribution < 1.29 is 19.1 Å². The van der Waals surface area contributed by atoms with Gasteiger partial charge in [-0.25, -0.2) is 14.1 Å². The topological polar surface area (TPSA) is 82.8 Å². The Morgan fingerprint density at radius 1 is 1.29 bits per heavy atom. The smallest absolute Gasteiger partial charge is 0.384 e. The molecule has 0 bridgehead atoms. The van der Waals surface area contributed by atoms with Crippen LogP contribution in [-0.2, 0) is 14.3 Å². The first kappa shape index (κ1) is 16.2. The van der Waals surface area contributed by atoms with E-state index in [1.807, 2.05) is 0 Å².